The van der Waals surface area contributed by atoms with Crippen molar-refractivity contribution in [3.05, 3.63) is 0 Å². The van der Waals surface area contributed by atoms with Gasteiger partial charge in [0, 0.05) is 5.25 Å². The second-order valence-corrected chi connectivity index (χ2v) is 3.87. The zero-order chi connectivity index (χ0) is 6.53. The topological polar surface area (TPSA) is 0 Å². The first-order chi connectivity index (χ1) is 4.43. The standard InChI is InChI=1S/C7H13FS/c8-5-2-6-9-7-3-1-4-7/h7H,1-6H2. The third-order valence-corrected chi connectivity index (χ3v) is 3.15. The van der Waals surface area contributed by atoms with Crippen LogP contribution in [-0.2, 0) is 0 Å². The van der Waals surface area contributed by atoms with Gasteiger partial charge in [-0.3, -0.25) is 4.39 Å². The Balaban J connectivity index is 1.80. The summed E-state index contributed by atoms with van der Waals surface area (Å²) in [5, 5.41) is 0.886. The third kappa shape index (κ3) is 2.57. The molecule has 0 unspecified atom stereocenters. The van der Waals surface area contributed by atoms with Gasteiger partial charge in [0.2, 0.25) is 0 Å². The fourth-order valence-electron chi connectivity index (χ4n) is 0.842. The van der Waals surface area contributed by atoms with Gasteiger partial charge in [0.25, 0.3) is 0 Å². The largest absolute Gasteiger partial charge is 0.251 e. The van der Waals surface area contributed by atoms with Crippen molar-refractivity contribution < 1.29 is 4.39 Å². The molecule has 1 rings (SSSR count). The summed E-state index contributed by atoms with van der Waals surface area (Å²) in [7, 11) is 0. The summed E-state index contributed by atoms with van der Waals surface area (Å²) in [4.78, 5) is 0. The SMILES string of the molecule is FCCCSC1CCC1. The van der Waals surface area contributed by atoms with Crippen molar-refractivity contribution in [3.8, 4) is 0 Å². The Bertz CT molecular complexity index is 71.3. The Morgan fingerprint density at radius 2 is 2.22 bits per heavy atom. The summed E-state index contributed by atoms with van der Waals surface area (Å²) in [6.45, 7) is -0.139. The van der Waals surface area contributed by atoms with Crippen LogP contribution in [0.1, 0.15) is 25.7 Å². The number of alkyl halides is 1. The van der Waals surface area contributed by atoms with Crippen molar-refractivity contribution >= 4 is 11.8 Å². The van der Waals surface area contributed by atoms with Crippen LogP contribution in [0.25, 0.3) is 0 Å². The second-order valence-electron chi connectivity index (χ2n) is 2.47. The van der Waals surface area contributed by atoms with Gasteiger partial charge in [-0.2, -0.15) is 11.8 Å². The monoisotopic (exact) mass is 148 g/mol. The van der Waals surface area contributed by atoms with Crippen LogP contribution in [0.5, 0.6) is 0 Å². The van der Waals surface area contributed by atoms with Gasteiger partial charge in [0.1, 0.15) is 0 Å². The van der Waals surface area contributed by atoms with Crippen molar-refractivity contribution in [3.63, 3.8) is 0 Å². The van der Waals surface area contributed by atoms with Crippen molar-refractivity contribution in [1.29, 1.82) is 0 Å². The summed E-state index contributed by atoms with van der Waals surface area (Å²) in [6.07, 6.45) is 4.89. The van der Waals surface area contributed by atoms with Gasteiger partial charge < -0.3 is 0 Å². The molecule has 2 heteroatoms. The van der Waals surface area contributed by atoms with Crippen molar-refractivity contribution in [1.82, 2.24) is 0 Å². The molecule has 9 heavy (non-hydrogen) atoms. The van der Waals surface area contributed by atoms with Gasteiger partial charge in [0.15, 0.2) is 0 Å². The number of rotatable bonds is 4. The van der Waals surface area contributed by atoms with Gasteiger partial charge >= 0.3 is 0 Å². The van der Waals surface area contributed by atoms with Gasteiger partial charge in [-0.15, -0.1) is 0 Å². The van der Waals surface area contributed by atoms with Crippen LogP contribution in [-0.4, -0.2) is 17.7 Å². The third-order valence-electron chi connectivity index (χ3n) is 1.68. The summed E-state index contributed by atoms with van der Waals surface area (Å²) < 4.78 is 11.6. The van der Waals surface area contributed by atoms with E-state index in [1.807, 2.05) is 11.8 Å². The lowest BCUT2D eigenvalue weighted by Gasteiger charge is -2.24. The molecule has 0 aromatic heterocycles. The van der Waals surface area contributed by atoms with E-state index in [-0.39, 0.29) is 6.67 Å². The van der Waals surface area contributed by atoms with E-state index in [1.54, 1.807) is 0 Å². The van der Waals surface area contributed by atoms with Crippen LogP contribution in [0, 0.1) is 0 Å². The highest BCUT2D eigenvalue weighted by molar-refractivity contribution is 7.99. The first-order valence-electron chi connectivity index (χ1n) is 3.61. The molecule has 0 nitrogen and oxygen atoms in total. The van der Waals surface area contributed by atoms with E-state index >= 15 is 0 Å². The fraction of sp³-hybridized carbons (Fsp3) is 1.00. The van der Waals surface area contributed by atoms with Crippen LogP contribution in [0.2, 0.25) is 0 Å². The fourth-order valence-corrected chi connectivity index (χ4v) is 2.12. The normalized spacial score (nSPS) is 19.7. The van der Waals surface area contributed by atoms with Crippen LogP contribution in [0.3, 0.4) is 0 Å². The summed E-state index contributed by atoms with van der Waals surface area (Å²) in [5.41, 5.74) is 0. The number of hydrogen-bond donors (Lipinski definition) is 0. The molecule has 0 aromatic carbocycles. The smallest absolute Gasteiger partial charge is 0.0902 e. The minimum Gasteiger partial charge on any atom is -0.251 e. The van der Waals surface area contributed by atoms with Crippen molar-refractivity contribution in [2.75, 3.05) is 12.4 Å². The first-order valence-corrected chi connectivity index (χ1v) is 4.66. The minimum absolute atomic E-state index is 0.139. The lowest BCUT2D eigenvalue weighted by molar-refractivity contribution is 0.486. The van der Waals surface area contributed by atoms with E-state index in [2.05, 4.69) is 0 Å². The van der Waals surface area contributed by atoms with Crippen LogP contribution in [0.4, 0.5) is 4.39 Å². The average Bonchev–Trinajstić information content (AvgIpc) is 1.76. The molecule has 0 spiro atoms. The highest BCUT2D eigenvalue weighted by atomic mass is 32.2. The summed E-state index contributed by atoms with van der Waals surface area (Å²) in [6, 6.07) is 0. The van der Waals surface area contributed by atoms with Gasteiger partial charge in [0.05, 0.1) is 6.67 Å². The summed E-state index contributed by atoms with van der Waals surface area (Å²) in [5.74, 6) is 1.03. The van der Waals surface area contributed by atoms with Crippen LogP contribution >= 0.6 is 11.8 Å². The van der Waals surface area contributed by atoms with E-state index in [0.29, 0.717) is 0 Å². The molecule has 1 saturated carbocycles. The number of halogens is 1. The molecule has 0 aliphatic heterocycles. The Morgan fingerprint density at radius 3 is 2.67 bits per heavy atom. The average molecular weight is 148 g/mol. The predicted octanol–water partition coefficient (Wildman–Crippen LogP) is 2.63. The van der Waals surface area contributed by atoms with Gasteiger partial charge in [-0.1, -0.05) is 6.42 Å². The first kappa shape index (κ1) is 7.39. The Labute approximate surface area is 60.2 Å². The zero-order valence-electron chi connectivity index (χ0n) is 5.61. The van der Waals surface area contributed by atoms with Gasteiger partial charge in [-0.05, 0) is 25.0 Å². The zero-order valence-corrected chi connectivity index (χ0v) is 6.42. The Hall–Kier alpha value is 0.280. The van der Waals surface area contributed by atoms with Gasteiger partial charge in [-0.25, -0.2) is 0 Å². The molecule has 0 N–H and O–H groups in total. The lowest BCUT2D eigenvalue weighted by atomic mass is 10.0. The molecule has 0 heterocycles. The van der Waals surface area contributed by atoms with E-state index in [1.165, 1.54) is 19.3 Å². The van der Waals surface area contributed by atoms with E-state index in [0.717, 1.165) is 17.4 Å². The van der Waals surface area contributed by atoms with Crippen LogP contribution in [0.15, 0.2) is 0 Å². The highest BCUT2D eigenvalue weighted by Crippen LogP contribution is 2.31. The van der Waals surface area contributed by atoms with Crippen molar-refractivity contribution in [2.45, 2.75) is 30.9 Å². The molecule has 54 valence electrons. The van der Waals surface area contributed by atoms with Crippen LogP contribution < -0.4 is 0 Å². The molecular weight excluding hydrogens is 135 g/mol. The van der Waals surface area contributed by atoms with E-state index in [4.69, 9.17) is 0 Å². The van der Waals surface area contributed by atoms with Crippen molar-refractivity contribution in [2.24, 2.45) is 0 Å². The predicted molar refractivity (Wildman–Crippen MR) is 40.7 cm³/mol. The summed E-state index contributed by atoms with van der Waals surface area (Å²) >= 11 is 1.95. The molecule has 0 amide bonds. The molecule has 0 atom stereocenters. The van der Waals surface area contributed by atoms with E-state index < -0.39 is 0 Å². The molecular formula is C7H13FS. The molecule has 1 aliphatic carbocycles. The molecule has 0 radical (unpaired) electrons. The molecule has 0 saturated heterocycles. The number of hydrogen-bond acceptors (Lipinski definition) is 1. The molecule has 0 bridgehead atoms. The number of thioether (sulfide) groups is 1. The molecule has 1 aliphatic rings. The maximum Gasteiger partial charge on any atom is 0.0902 e. The second kappa shape index (κ2) is 4.15. The highest BCUT2D eigenvalue weighted by Gasteiger charge is 2.16. The molecule has 0 aromatic rings. The Morgan fingerprint density at radius 1 is 1.44 bits per heavy atom. The molecule has 1 fully saturated rings. The maximum atomic E-state index is 11.6. The Kier molecular flexibility index (Phi) is 3.41. The minimum atomic E-state index is -0.139. The lowest BCUT2D eigenvalue weighted by Crippen LogP contribution is -2.13. The van der Waals surface area contributed by atoms with E-state index in [9.17, 15) is 4.39 Å². The maximum absolute atomic E-state index is 11.6. The quantitative estimate of drug-likeness (QED) is 0.552.